The minimum atomic E-state index is 0.0831. The number of rotatable bonds is 4. The van der Waals surface area contributed by atoms with E-state index in [9.17, 15) is 5.11 Å². The number of phenols is 1. The van der Waals surface area contributed by atoms with Crippen LogP contribution in [0.15, 0.2) is 28.8 Å². The molecule has 0 amide bonds. The van der Waals surface area contributed by atoms with Gasteiger partial charge in [0.1, 0.15) is 5.75 Å². The third kappa shape index (κ3) is 4.06. The van der Waals surface area contributed by atoms with Crippen molar-refractivity contribution in [2.45, 2.75) is 32.7 Å². The number of phenolic OH excluding ortho intramolecular Hbond substituents is 1. The summed E-state index contributed by atoms with van der Waals surface area (Å²) in [5.74, 6) is 1.38. The highest BCUT2D eigenvalue weighted by Gasteiger charge is 2.11. The molecule has 0 spiro atoms. The fraction of sp³-hybridized carbons (Fsp3) is 0.429. The summed E-state index contributed by atoms with van der Waals surface area (Å²) in [5, 5.41) is 16.5. The zero-order chi connectivity index (χ0) is 13.9. The highest BCUT2D eigenvalue weighted by atomic mass is 16.5. The molecule has 0 radical (unpaired) electrons. The Balaban J connectivity index is 1.97. The smallest absolute Gasteiger partial charge is 0.228 e. The summed E-state index contributed by atoms with van der Waals surface area (Å²) in [6.07, 6.45) is 0.697. The Hall–Kier alpha value is -1.88. The van der Waals surface area contributed by atoms with Crippen LogP contribution < -0.4 is 5.32 Å². The summed E-state index contributed by atoms with van der Waals surface area (Å²) in [6.45, 7) is 7.13. The molecule has 0 unspecified atom stereocenters. The van der Waals surface area contributed by atoms with Crippen molar-refractivity contribution in [3.63, 3.8) is 0 Å². The van der Waals surface area contributed by atoms with Gasteiger partial charge in [0.25, 0.3) is 0 Å². The van der Waals surface area contributed by atoms with Gasteiger partial charge in [0.2, 0.25) is 11.7 Å². The fourth-order valence-corrected chi connectivity index (χ4v) is 1.63. The van der Waals surface area contributed by atoms with E-state index in [1.165, 1.54) is 0 Å². The molecule has 0 aliphatic rings. The minimum Gasteiger partial charge on any atom is -0.508 e. The summed E-state index contributed by atoms with van der Waals surface area (Å²) in [7, 11) is 0. The molecule has 5 heteroatoms. The monoisotopic (exact) mass is 261 g/mol. The lowest BCUT2D eigenvalue weighted by Crippen LogP contribution is -2.37. The first-order valence-corrected chi connectivity index (χ1v) is 6.31. The maximum absolute atomic E-state index is 9.23. The van der Waals surface area contributed by atoms with Crippen LogP contribution in [0.1, 0.15) is 26.7 Å². The zero-order valence-electron chi connectivity index (χ0n) is 11.5. The Morgan fingerprint density at radius 3 is 2.53 bits per heavy atom. The summed E-state index contributed by atoms with van der Waals surface area (Å²) in [6, 6.07) is 6.73. The van der Waals surface area contributed by atoms with E-state index in [2.05, 4.69) is 36.2 Å². The number of aromatic hydroxyl groups is 1. The molecule has 0 saturated carbocycles. The predicted octanol–water partition coefficient (Wildman–Crippen LogP) is 2.37. The summed E-state index contributed by atoms with van der Waals surface area (Å²) in [4.78, 5) is 4.33. The number of benzene rings is 1. The number of hydrogen-bond donors (Lipinski definition) is 2. The molecule has 1 aromatic heterocycles. The van der Waals surface area contributed by atoms with Crippen molar-refractivity contribution in [1.82, 2.24) is 15.5 Å². The molecule has 5 nitrogen and oxygen atoms in total. The molecule has 0 atom stereocenters. The van der Waals surface area contributed by atoms with Gasteiger partial charge in [0.15, 0.2) is 0 Å². The van der Waals surface area contributed by atoms with Gasteiger partial charge in [-0.25, -0.2) is 0 Å². The normalized spacial score (nSPS) is 11.7. The van der Waals surface area contributed by atoms with Crippen molar-refractivity contribution in [3.8, 4) is 17.1 Å². The second-order valence-electron chi connectivity index (χ2n) is 5.49. The van der Waals surface area contributed by atoms with Crippen LogP contribution in [0, 0.1) is 0 Å². The molecular formula is C14H19N3O2. The predicted molar refractivity (Wildman–Crippen MR) is 72.9 cm³/mol. The van der Waals surface area contributed by atoms with Crippen LogP contribution in [0.2, 0.25) is 0 Å². The molecule has 0 saturated heterocycles. The molecule has 0 aliphatic heterocycles. The van der Waals surface area contributed by atoms with E-state index < -0.39 is 0 Å². The summed E-state index contributed by atoms with van der Waals surface area (Å²) < 4.78 is 5.20. The minimum absolute atomic E-state index is 0.0831. The molecule has 2 aromatic rings. The molecule has 102 valence electrons. The van der Waals surface area contributed by atoms with Gasteiger partial charge < -0.3 is 14.9 Å². The highest BCUT2D eigenvalue weighted by Crippen LogP contribution is 2.18. The molecule has 2 N–H and O–H groups in total. The van der Waals surface area contributed by atoms with Gasteiger partial charge in [0.05, 0.1) is 0 Å². The van der Waals surface area contributed by atoms with E-state index in [1.807, 2.05) is 0 Å². The van der Waals surface area contributed by atoms with Gasteiger partial charge in [-0.1, -0.05) is 5.16 Å². The molecular weight excluding hydrogens is 242 g/mol. The number of nitrogens with zero attached hydrogens (tertiary/aromatic N) is 2. The fourth-order valence-electron chi connectivity index (χ4n) is 1.63. The van der Waals surface area contributed by atoms with Crippen molar-refractivity contribution < 1.29 is 9.63 Å². The van der Waals surface area contributed by atoms with Gasteiger partial charge in [0, 0.05) is 24.1 Å². The van der Waals surface area contributed by atoms with E-state index in [1.54, 1.807) is 24.3 Å². The van der Waals surface area contributed by atoms with E-state index in [0.29, 0.717) is 18.1 Å². The van der Waals surface area contributed by atoms with Crippen LogP contribution in [0.25, 0.3) is 11.4 Å². The van der Waals surface area contributed by atoms with Gasteiger partial charge >= 0.3 is 0 Å². The first kappa shape index (κ1) is 13.5. The van der Waals surface area contributed by atoms with Gasteiger partial charge in [-0.2, -0.15) is 4.98 Å². The van der Waals surface area contributed by atoms with Gasteiger partial charge in [-0.05, 0) is 45.0 Å². The lowest BCUT2D eigenvalue weighted by molar-refractivity contribution is 0.362. The van der Waals surface area contributed by atoms with E-state index in [0.717, 1.165) is 12.1 Å². The van der Waals surface area contributed by atoms with E-state index >= 15 is 0 Å². The first-order valence-electron chi connectivity index (χ1n) is 6.31. The zero-order valence-corrected chi connectivity index (χ0v) is 11.5. The molecule has 0 bridgehead atoms. The summed E-state index contributed by atoms with van der Waals surface area (Å²) >= 11 is 0. The standard InChI is InChI=1S/C14H19N3O2/c1-14(2,3)15-9-8-12-16-13(17-19-12)10-4-6-11(18)7-5-10/h4-7,15,18H,8-9H2,1-3H3. The molecule has 19 heavy (non-hydrogen) atoms. The van der Waals surface area contributed by atoms with Crippen LogP contribution in [0.5, 0.6) is 5.75 Å². The van der Waals surface area contributed by atoms with E-state index in [4.69, 9.17) is 4.52 Å². The van der Waals surface area contributed by atoms with Crippen LogP contribution in [0.3, 0.4) is 0 Å². The summed E-state index contributed by atoms with van der Waals surface area (Å²) in [5.41, 5.74) is 0.913. The maximum Gasteiger partial charge on any atom is 0.228 e. The Morgan fingerprint density at radius 1 is 1.21 bits per heavy atom. The Morgan fingerprint density at radius 2 is 1.89 bits per heavy atom. The van der Waals surface area contributed by atoms with Crippen LogP contribution >= 0.6 is 0 Å². The molecule has 0 aliphatic carbocycles. The number of hydrogen-bond acceptors (Lipinski definition) is 5. The first-order chi connectivity index (χ1) is 8.94. The average Bonchev–Trinajstić information content (AvgIpc) is 2.77. The highest BCUT2D eigenvalue weighted by molar-refractivity contribution is 5.55. The third-order valence-electron chi connectivity index (χ3n) is 2.59. The Kier molecular flexibility index (Phi) is 3.85. The van der Waals surface area contributed by atoms with Crippen molar-refractivity contribution in [3.05, 3.63) is 30.2 Å². The van der Waals surface area contributed by atoms with Crippen molar-refractivity contribution in [2.75, 3.05) is 6.54 Å². The van der Waals surface area contributed by atoms with E-state index in [-0.39, 0.29) is 11.3 Å². The molecule has 2 rings (SSSR count). The molecule has 1 heterocycles. The van der Waals surface area contributed by atoms with Gasteiger partial charge in [-0.15, -0.1) is 0 Å². The number of nitrogens with one attached hydrogen (secondary N) is 1. The Labute approximate surface area is 112 Å². The van der Waals surface area contributed by atoms with Crippen LogP contribution in [-0.2, 0) is 6.42 Å². The second kappa shape index (κ2) is 5.40. The number of aromatic nitrogens is 2. The lowest BCUT2D eigenvalue weighted by atomic mass is 10.1. The van der Waals surface area contributed by atoms with Crippen molar-refractivity contribution >= 4 is 0 Å². The van der Waals surface area contributed by atoms with Crippen molar-refractivity contribution in [2.24, 2.45) is 0 Å². The third-order valence-corrected chi connectivity index (χ3v) is 2.59. The van der Waals surface area contributed by atoms with Crippen LogP contribution in [-0.4, -0.2) is 27.3 Å². The molecule has 1 aromatic carbocycles. The van der Waals surface area contributed by atoms with Crippen molar-refractivity contribution in [1.29, 1.82) is 0 Å². The van der Waals surface area contributed by atoms with Crippen LogP contribution in [0.4, 0.5) is 0 Å². The average molecular weight is 261 g/mol. The molecule has 0 fully saturated rings. The second-order valence-corrected chi connectivity index (χ2v) is 5.49. The lowest BCUT2D eigenvalue weighted by Gasteiger charge is -2.19. The van der Waals surface area contributed by atoms with Gasteiger partial charge in [-0.3, -0.25) is 0 Å². The largest absolute Gasteiger partial charge is 0.508 e. The Bertz CT molecular complexity index is 526. The topological polar surface area (TPSA) is 71.2 Å². The maximum atomic E-state index is 9.23. The quantitative estimate of drug-likeness (QED) is 0.884. The SMILES string of the molecule is CC(C)(C)NCCc1nc(-c2ccc(O)cc2)no1.